The quantitative estimate of drug-likeness (QED) is 0.166. The number of benzene rings is 10. The van der Waals surface area contributed by atoms with Crippen molar-refractivity contribution < 1.29 is 8.83 Å². The van der Waals surface area contributed by atoms with Crippen LogP contribution in [-0.2, 0) is 27.1 Å². The predicted molar refractivity (Wildman–Crippen MR) is 368 cm³/mol. The highest BCUT2D eigenvalue weighted by molar-refractivity contribution is 6.26. The van der Waals surface area contributed by atoms with Gasteiger partial charge in [0.05, 0.1) is 44.3 Å². The maximum Gasteiger partial charge on any atom is 0.227 e. The highest BCUT2D eigenvalue weighted by Gasteiger charge is 2.54. The molecule has 0 fully saturated rings. The minimum Gasteiger partial charge on any atom is -0.454 e. The molecule has 1 unspecified atom stereocenters. The Labute approximate surface area is 515 Å². The third-order valence-corrected chi connectivity index (χ3v) is 19.3. The topological polar surface area (TPSA) is 50.6 Å². The first-order valence-corrected chi connectivity index (χ1v) is 31.2. The zero-order valence-corrected chi connectivity index (χ0v) is 52.4. The van der Waals surface area contributed by atoms with E-state index in [2.05, 4.69) is 304 Å². The first-order valence-electron chi connectivity index (χ1n) is 31.2. The maximum absolute atomic E-state index is 7.60. The van der Waals surface area contributed by atoms with Gasteiger partial charge in [-0.1, -0.05) is 204 Å². The standard InChI is InChI=1S/C82H72N4O2/c1-78(2,3)49-30-38-53(39-31-49)84(54-40-32-50(33-41-54)79(4,5)6)67-47-64-73(76-70(67)60-24-20-46-83-77(60)88-76)72-63(82(64)61-25-15-17-28-66(61)86-65-27-16-13-21-57(65)58-23-19-26-62(82)74(58)86)48-68(75-71(72)59-22-14-18-29-69(59)87-75)85(55-42-34-51(35-43-55)80(7,8)9)56-44-36-52(37-45-56)81(10,11)12/h13-48H,1-12H3. The molecule has 6 nitrogen and oxygen atoms in total. The molecule has 6 heteroatoms. The summed E-state index contributed by atoms with van der Waals surface area (Å²) in [5.41, 5.74) is 23.3. The predicted octanol–water partition coefficient (Wildman–Crippen LogP) is 22.8. The summed E-state index contributed by atoms with van der Waals surface area (Å²) in [6.45, 7) is 27.4. The van der Waals surface area contributed by atoms with E-state index in [-0.39, 0.29) is 21.7 Å². The second-order valence-corrected chi connectivity index (χ2v) is 28.8. The van der Waals surface area contributed by atoms with Crippen molar-refractivity contribution in [3.8, 4) is 16.8 Å². The van der Waals surface area contributed by atoms with Gasteiger partial charge < -0.3 is 23.2 Å². The zero-order chi connectivity index (χ0) is 60.6. The molecule has 0 radical (unpaired) electrons. The van der Waals surface area contributed by atoms with E-state index in [1.807, 2.05) is 12.3 Å². The molecule has 2 aliphatic rings. The summed E-state index contributed by atoms with van der Waals surface area (Å²) < 4.78 is 17.7. The van der Waals surface area contributed by atoms with E-state index >= 15 is 0 Å². The molecule has 0 amide bonds. The third kappa shape index (κ3) is 7.76. The molecule has 16 rings (SSSR count). The number of pyridine rings is 1. The minimum atomic E-state index is -0.961. The molecule has 0 N–H and O–H groups in total. The summed E-state index contributed by atoms with van der Waals surface area (Å²) in [7, 11) is 0. The Kier molecular flexibility index (Phi) is 11.4. The van der Waals surface area contributed by atoms with Gasteiger partial charge >= 0.3 is 0 Å². The van der Waals surface area contributed by atoms with Crippen molar-refractivity contribution in [1.82, 2.24) is 9.55 Å². The fourth-order valence-electron chi connectivity index (χ4n) is 14.8. The van der Waals surface area contributed by atoms with Crippen molar-refractivity contribution in [2.24, 2.45) is 0 Å². The summed E-state index contributed by atoms with van der Waals surface area (Å²) >= 11 is 0. The van der Waals surface area contributed by atoms with Crippen molar-refractivity contribution in [1.29, 1.82) is 0 Å². The number of furan rings is 2. The van der Waals surface area contributed by atoms with Gasteiger partial charge in [-0.25, -0.2) is 4.98 Å². The molecular formula is C82H72N4O2. The fraction of sp³-hybridized carbons (Fsp3) is 0.207. The average molecular weight is 1150 g/mol. The molecular weight excluding hydrogens is 1070 g/mol. The summed E-state index contributed by atoms with van der Waals surface area (Å²) in [5.74, 6) is 0. The van der Waals surface area contributed by atoms with E-state index in [0.717, 1.165) is 100 Å². The molecule has 432 valence electrons. The van der Waals surface area contributed by atoms with Crippen LogP contribution in [0.3, 0.4) is 0 Å². The lowest BCUT2D eigenvalue weighted by molar-refractivity contribution is 0.590. The SMILES string of the molecule is CC(C)(C)c1ccc(N(c2ccc(C(C)(C)C)cc2)c2cc3c(c4c2oc2ccccc24)-c2c(cc(N(c4ccc(C(C)(C)C)cc4)c4ccc(C(C)(C)C)cc4)c4c2oc2ncccc24)C32c3ccccc3-n3c4ccccc4c4cccc2c43)cc1. The molecule has 5 heterocycles. The van der Waals surface area contributed by atoms with Crippen molar-refractivity contribution in [3.05, 3.63) is 263 Å². The number of hydrogen-bond acceptors (Lipinski definition) is 5. The summed E-state index contributed by atoms with van der Waals surface area (Å²) in [4.78, 5) is 10.0. The van der Waals surface area contributed by atoms with Crippen LogP contribution in [0.4, 0.5) is 34.1 Å². The van der Waals surface area contributed by atoms with Crippen LogP contribution in [0, 0.1) is 0 Å². The Morgan fingerprint density at radius 3 is 1.42 bits per heavy atom. The van der Waals surface area contributed by atoms with Crippen LogP contribution in [0.5, 0.6) is 0 Å². The molecule has 0 bridgehead atoms. The van der Waals surface area contributed by atoms with Crippen LogP contribution in [-0.4, -0.2) is 9.55 Å². The molecule has 1 aliphatic heterocycles. The van der Waals surface area contributed by atoms with E-state index in [1.54, 1.807) is 0 Å². The molecule has 0 saturated carbocycles. The van der Waals surface area contributed by atoms with E-state index in [1.165, 1.54) is 55.2 Å². The van der Waals surface area contributed by atoms with Crippen molar-refractivity contribution in [2.75, 3.05) is 9.80 Å². The fourth-order valence-corrected chi connectivity index (χ4v) is 14.8. The molecule has 1 aliphatic carbocycles. The van der Waals surface area contributed by atoms with E-state index < -0.39 is 5.41 Å². The van der Waals surface area contributed by atoms with Crippen LogP contribution < -0.4 is 9.80 Å². The van der Waals surface area contributed by atoms with E-state index in [9.17, 15) is 0 Å². The molecule has 0 saturated heterocycles. The molecule has 1 atom stereocenters. The Bertz CT molecular complexity index is 5050. The number of hydrogen-bond donors (Lipinski definition) is 0. The van der Waals surface area contributed by atoms with Crippen LogP contribution in [0.15, 0.2) is 227 Å². The lowest BCUT2D eigenvalue weighted by Gasteiger charge is -2.40. The number of anilines is 6. The molecule has 10 aromatic carbocycles. The summed E-state index contributed by atoms with van der Waals surface area (Å²) in [5, 5.41) is 6.43. The maximum atomic E-state index is 7.60. The second-order valence-electron chi connectivity index (χ2n) is 28.8. The van der Waals surface area contributed by atoms with Gasteiger partial charge in [0.25, 0.3) is 0 Å². The number of nitrogens with zero attached hydrogens (tertiary/aromatic N) is 4. The summed E-state index contributed by atoms with van der Waals surface area (Å²) in [6.07, 6.45) is 1.86. The van der Waals surface area contributed by atoms with Crippen molar-refractivity contribution in [3.63, 3.8) is 0 Å². The monoisotopic (exact) mass is 1140 g/mol. The number of rotatable bonds is 6. The Hall–Kier alpha value is -9.65. The number of para-hydroxylation sites is 4. The van der Waals surface area contributed by atoms with Crippen molar-refractivity contribution in [2.45, 2.75) is 110 Å². The highest BCUT2D eigenvalue weighted by atomic mass is 16.3. The van der Waals surface area contributed by atoms with Crippen LogP contribution in [0.2, 0.25) is 0 Å². The van der Waals surface area contributed by atoms with E-state index in [4.69, 9.17) is 13.8 Å². The van der Waals surface area contributed by atoms with Gasteiger partial charge in [0.1, 0.15) is 11.2 Å². The normalized spacial score (nSPS) is 14.9. The van der Waals surface area contributed by atoms with Crippen LogP contribution in [0.25, 0.3) is 82.6 Å². The lowest BCUT2D eigenvalue weighted by Crippen LogP contribution is -2.34. The van der Waals surface area contributed by atoms with Crippen LogP contribution >= 0.6 is 0 Å². The third-order valence-electron chi connectivity index (χ3n) is 19.3. The Morgan fingerprint density at radius 2 is 0.841 bits per heavy atom. The molecule has 14 aromatic rings. The molecule has 4 aromatic heterocycles. The second kappa shape index (κ2) is 18.7. The average Bonchev–Trinajstić information content (AvgIpc) is 1.46. The van der Waals surface area contributed by atoms with Gasteiger partial charge in [-0.15, -0.1) is 0 Å². The van der Waals surface area contributed by atoms with Gasteiger partial charge in [-0.3, -0.25) is 0 Å². The highest BCUT2D eigenvalue weighted by Crippen LogP contribution is 2.67. The zero-order valence-electron chi connectivity index (χ0n) is 52.4. The first-order chi connectivity index (χ1) is 42.2. The number of fused-ring (bicyclic) bond motifs is 20. The van der Waals surface area contributed by atoms with Gasteiger partial charge in [0, 0.05) is 61.6 Å². The lowest BCUT2D eigenvalue weighted by atomic mass is 9.65. The smallest absolute Gasteiger partial charge is 0.227 e. The Morgan fingerprint density at radius 1 is 0.375 bits per heavy atom. The number of aromatic nitrogens is 2. The van der Waals surface area contributed by atoms with E-state index in [0.29, 0.717) is 5.71 Å². The summed E-state index contributed by atoms with van der Waals surface area (Å²) in [6, 6.07) is 79.9. The van der Waals surface area contributed by atoms with Gasteiger partial charge in [-0.2, -0.15) is 0 Å². The van der Waals surface area contributed by atoms with Crippen molar-refractivity contribution >= 4 is 99.9 Å². The van der Waals surface area contributed by atoms with Gasteiger partial charge in [0.15, 0.2) is 5.58 Å². The van der Waals surface area contributed by atoms with Crippen LogP contribution in [0.1, 0.15) is 128 Å². The molecule has 1 spiro atoms. The van der Waals surface area contributed by atoms with Gasteiger partial charge in [0.2, 0.25) is 5.71 Å². The largest absolute Gasteiger partial charge is 0.454 e. The first kappa shape index (κ1) is 53.8. The minimum absolute atomic E-state index is 0.0506. The molecule has 88 heavy (non-hydrogen) atoms. The Balaban J connectivity index is 1.12. The van der Waals surface area contributed by atoms with Gasteiger partial charge in [-0.05, 0) is 157 Å².